The molecule has 19 heavy (non-hydrogen) atoms. The van der Waals surface area contributed by atoms with E-state index in [9.17, 15) is 8.60 Å². The lowest BCUT2D eigenvalue weighted by Crippen LogP contribution is -2.44. The number of morpholine rings is 1. The fourth-order valence-electron chi connectivity index (χ4n) is 2.15. The van der Waals surface area contributed by atoms with Gasteiger partial charge in [-0.2, -0.15) is 0 Å². The van der Waals surface area contributed by atoms with Gasteiger partial charge >= 0.3 is 0 Å². The number of likely N-dealkylation sites (N-methyl/N-ethyl adjacent to an activating group) is 1. The fraction of sp³-hybridized carbons (Fsp3) is 0.538. The molecule has 0 aliphatic carbocycles. The Hall–Kier alpha value is -0.980. The summed E-state index contributed by atoms with van der Waals surface area (Å²) < 4.78 is 31.0. The molecule has 1 aromatic carbocycles. The predicted molar refractivity (Wildman–Crippen MR) is 73.9 cm³/mol. The van der Waals surface area contributed by atoms with E-state index in [-0.39, 0.29) is 6.10 Å². The van der Waals surface area contributed by atoms with Crippen molar-refractivity contribution in [1.82, 2.24) is 4.90 Å². The van der Waals surface area contributed by atoms with Crippen LogP contribution in [0.1, 0.15) is 6.92 Å². The SMILES string of the molecule is CCN1CCOC(CS(=O)c2cc(N)cc(F)c2)C1. The molecule has 0 saturated carbocycles. The zero-order chi connectivity index (χ0) is 13.8. The summed E-state index contributed by atoms with van der Waals surface area (Å²) in [6, 6.07) is 4.04. The highest BCUT2D eigenvalue weighted by Crippen LogP contribution is 2.16. The molecule has 1 aliphatic heterocycles. The average molecular weight is 286 g/mol. The van der Waals surface area contributed by atoms with E-state index in [1.807, 2.05) is 0 Å². The molecule has 1 aliphatic rings. The molecular weight excluding hydrogens is 267 g/mol. The molecule has 2 unspecified atom stereocenters. The van der Waals surface area contributed by atoms with Crippen molar-refractivity contribution in [3.8, 4) is 0 Å². The van der Waals surface area contributed by atoms with Crippen LogP contribution in [0.25, 0.3) is 0 Å². The summed E-state index contributed by atoms with van der Waals surface area (Å²) in [6.07, 6.45) is -0.0703. The van der Waals surface area contributed by atoms with Gasteiger partial charge in [0, 0.05) is 23.7 Å². The molecule has 2 atom stereocenters. The average Bonchev–Trinajstić information content (AvgIpc) is 2.37. The molecule has 0 bridgehead atoms. The first kappa shape index (κ1) is 14.4. The quantitative estimate of drug-likeness (QED) is 0.846. The maximum absolute atomic E-state index is 13.2. The van der Waals surface area contributed by atoms with E-state index in [1.165, 1.54) is 12.1 Å². The Kier molecular flexibility index (Phi) is 4.90. The first-order valence-electron chi connectivity index (χ1n) is 6.37. The molecule has 0 aromatic heterocycles. The maximum atomic E-state index is 13.2. The van der Waals surface area contributed by atoms with E-state index in [0.717, 1.165) is 19.6 Å². The van der Waals surface area contributed by atoms with Crippen LogP contribution >= 0.6 is 0 Å². The number of ether oxygens (including phenoxy) is 1. The van der Waals surface area contributed by atoms with Crippen LogP contribution in [0.4, 0.5) is 10.1 Å². The summed E-state index contributed by atoms with van der Waals surface area (Å²) in [6.45, 7) is 5.38. The third-order valence-corrected chi connectivity index (χ3v) is 4.60. The first-order chi connectivity index (χ1) is 9.08. The van der Waals surface area contributed by atoms with Crippen molar-refractivity contribution in [3.63, 3.8) is 0 Å². The Bertz CT molecular complexity index is 450. The van der Waals surface area contributed by atoms with Gasteiger partial charge in [-0.25, -0.2) is 4.39 Å². The Labute approximate surface area is 115 Å². The van der Waals surface area contributed by atoms with Crippen molar-refractivity contribution < 1.29 is 13.3 Å². The predicted octanol–water partition coefficient (Wildman–Crippen LogP) is 1.24. The van der Waals surface area contributed by atoms with E-state index in [1.54, 1.807) is 6.07 Å². The molecule has 1 fully saturated rings. The van der Waals surface area contributed by atoms with Crippen molar-refractivity contribution in [2.75, 3.05) is 37.7 Å². The van der Waals surface area contributed by atoms with Gasteiger partial charge < -0.3 is 10.5 Å². The van der Waals surface area contributed by atoms with Gasteiger partial charge in [-0.1, -0.05) is 6.92 Å². The lowest BCUT2D eigenvalue weighted by molar-refractivity contribution is -0.0141. The highest BCUT2D eigenvalue weighted by atomic mass is 32.2. The summed E-state index contributed by atoms with van der Waals surface area (Å²) in [7, 11) is -1.29. The number of nitrogens with two attached hydrogens (primary N) is 1. The lowest BCUT2D eigenvalue weighted by atomic mass is 10.3. The Morgan fingerprint density at radius 3 is 3.00 bits per heavy atom. The summed E-state index contributed by atoms with van der Waals surface area (Å²) >= 11 is 0. The summed E-state index contributed by atoms with van der Waals surface area (Å²) in [5.74, 6) is -0.0811. The first-order valence-corrected chi connectivity index (χ1v) is 7.68. The van der Waals surface area contributed by atoms with Gasteiger partial charge in [0.05, 0.1) is 29.3 Å². The second-order valence-corrected chi connectivity index (χ2v) is 6.11. The van der Waals surface area contributed by atoms with Gasteiger partial charge in [0.25, 0.3) is 0 Å². The Morgan fingerprint density at radius 1 is 1.53 bits per heavy atom. The normalized spacial score (nSPS) is 22.3. The summed E-state index contributed by atoms with van der Waals surface area (Å²) in [5.41, 5.74) is 5.85. The van der Waals surface area contributed by atoms with Gasteiger partial charge in [-0.3, -0.25) is 9.11 Å². The highest BCUT2D eigenvalue weighted by molar-refractivity contribution is 7.85. The molecule has 6 heteroatoms. The van der Waals surface area contributed by atoms with Crippen molar-refractivity contribution in [3.05, 3.63) is 24.0 Å². The molecule has 1 saturated heterocycles. The molecule has 2 rings (SSSR count). The number of halogens is 1. The standard InChI is InChI=1S/C13H19FN2O2S/c1-2-16-3-4-18-12(8-16)9-19(17)13-6-10(14)5-11(15)7-13/h5-7,12H,2-4,8-9,15H2,1H3. The minimum absolute atomic E-state index is 0.0703. The second-order valence-electron chi connectivity index (χ2n) is 4.62. The number of benzene rings is 1. The van der Waals surface area contributed by atoms with E-state index < -0.39 is 16.6 Å². The van der Waals surface area contributed by atoms with Crippen LogP contribution in [0, 0.1) is 5.82 Å². The molecule has 1 aromatic rings. The van der Waals surface area contributed by atoms with Crippen LogP contribution in [0.2, 0.25) is 0 Å². The summed E-state index contributed by atoms with van der Waals surface area (Å²) in [4.78, 5) is 2.68. The van der Waals surface area contributed by atoms with Crippen molar-refractivity contribution in [2.45, 2.75) is 17.9 Å². The lowest BCUT2D eigenvalue weighted by Gasteiger charge is -2.31. The number of rotatable bonds is 4. The molecule has 0 amide bonds. The smallest absolute Gasteiger partial charge is 0.126 e. The highest BCUT2D eigenvalue weighted by Gasteiger charge is 2.22. The number of nitrogens with zero attached hydrogens (tertiary/aromatic N) is 1. The van der Waals surface area contributed by atoms with Crippen LogP contribution in [0.3, 0.4) is 0 Å². The maximum Gasteiger partial charge on any atom is 0.126 e. The van der Waals surface area contributed by atoms with E-state index in [2.05, 4.69) is 11.8 Å². The summed E-state index contributed by atoms with van der Waals surface area (Å²) in [5, 5.41) is 0. The topological polar surface area (TPSA) is 55.6 Å². The van der Waals surface area contributed by atoms with Crippen LogP contribution in [0.15, 0.2) is 23.1 Å². The monoisotopic (exact) mass is 286 g/mol. The van der Waals surface area contributed by atoms with Gasteiger partial charge in [0.1, 0.15) is 5.82 Å². The van der Waals surface area contributed by atoms with Crippen molar-refractivity contribution in [2.24, 2.45) is 0 Å². The number of nitrogen functional groups attached to an aromatic ring is 1. The minimum atomic E-state index is -1.29. The number of anilines is 1. The van der Waals surface area contributed by atoms with Crippen LogP contribution in [0.5, 0.6) is 0 Å². The largest absolute Gasteiger partial charge is 0.399 e. The zero-order valence-corrected chi connectivity index (χ0v) is 11.8. The molecular formula is C13H19FN2O2S. The van der Waals surface area contributed by atoms with E-state index >= 15 is 0 Å². The van der Waals surface area contributed by atoms with Gasteiger partial charge in [0.15, 0.2) is 0 Å². The van der Waals surface area contributed by atoms with Gasteiger partial charge in [-0.15, -0.1) is 0 Å². The Morgan fingerprint density at radius 2 is 2.32 bits per heavy atom. The number of hydrogen-bond donors (Lipinski definition) is 1. The van der Waals surface area contributed by atoms with Gasteiger partial charge in [-0.05, 0) is 24.7 Å². The van der Waals surface area contributed by atoms with Crippen LogP contribution in [-0.4, -0.2) is 47.2 Å². The minimum Gasteiger partial charge on any atom is -0.399 e. The number of hydrogen-bond acceptors (Lipinski definition) is 4. The van der Waals surface area contributed by atoms with Crippen LogP contribution < -0.4 is 5.73 Å². The van der Waals surface area contributed by atoms with Crippen molar-refractivity contribution >= 4 is 16.5 Å². The second kappa shape index (κ2) is 6.45. The molecule has 2 N–H and O–H groups in total. The molecule has 106 valence electrons. The third-order valence-electron chi connectivity index (χ3n) is 3.16. The molecule has 0 radical (unpaired) electrons. The Balaban J connectivity index is 2.00. The van der Waals surface area contributed by atoms with Crippen molar-refractivity contribution in [1.29, 1.82) is 0 Å². The fourth-order valence-corrected chi connectivity index (χ4v) is 3.39. The molecule has 0 spiro atoms. The van der Waals surface area contributed by atoms with Gasteiger partial charge in [0.2, 0.25) is 0 Å². The zero-order valence-electron chi connectivity index (χ0n) is 11.0. The van der Waals surface area contributed by atoms with E-state index in [4.69, 9.17) is 10.5 Å². The molecule has 4 nitrogen and oxygen atoms in total. The molecule has 1 heterocycles. The third kappa shape index (κ3) is 3.99. The van der Waals surface area contributed by atoms with Crippen LogP contribution in [-0.2, 0) is 15.5 Å². The van der Waals surface area contributed by atoms with E-state index in [0.29, 0.717) is 22.9 Å².